The molecule has 162 valence electrons. The van der Waals surface area contributed by atoms with Crippen LogP contribution >= 0.6 is 24.0 Å². The van der Waals surface area contributed by atoms with Crippen molar-refractivity contribution in [1.82, 2.24) is 15.6 Å². The van der Waals surface area contributed by atoms with Gasteiger partial charge in [-0.25, -0.2) is 9.98 Å². The van der Waals surface area contributed by atoms with Crippen LogP contribution in [0.15, 0.2) is 27.6 Å². The first-order valence-electron chi connectivity index (χ1n) is 9.09. The highest BCUT2D eigenvalue weighted by Gasteiger charge is 2.16. The molecular weight excluding hydrogens is 497 g/mol. The number of benzene rings is 1. The number of aliphatic imine (C=N–C) groups is 1. The van der Waals surface area contributed by atoms with Crippen LogP contribution in [0.1, 0.15) is 36.8 Å². The minimum absolute atomic E-state index is 0. The van der Waals surface area contributed by atoms with E-state index in [1.165, 1.54) is 0 Å². The number of nitrogens with one attached hydrogen (secondary N) is 2. The molecule has 0 saturated carbocycles. The predicted octanol–water partition coefficient (Wildman–Crippen LogP) is 4.16. The van der Waals surface area contributed by atoms with E-state index < -0.39 is 6.61 Å². The third-order valence-electron chi connectivity index (χ3n) is 3.80. The van der Waals surface area contributed by atoms with E-state index in [2.05, 4.69) is 25.3 Å². The van der Waals surface area contributed by atoms with Crippen molar-refractivity contribution in [2.45, 2.75) is 47.4 Å². The third-order valence-corrected chi connectivity index (χ3v) is 3.80. The lowest BCUT2D eigenvalue weighted by Crippen LogP contribution is -2.36. The second kappa shape index (κ2) is 12.5. The zero-order chi connectivity index (χ0) is 20.5. The summed E-state index contributed by atoms with van der Waals surface area (Å²) >= 11 is 0. The normalized spacial score (nSPS) is 11.2. The summed E-state index contributed by atoms with van der Waals surface area (Å²) < 4.78 is 41.3. The first kappa shape index (κ1) is 24.9. The van der Waals surface area contributed by atoms with E-state index in [4.69, 9.17) is 9.15 Å². The van der Waals surface area contributed by atoms with Crippen LogP contribution in [0, 0.1) is 13.8 Å². The van der Waals surface area contributed by atoms with Gasteiger partial charge in [-0.3, -0.25) is 0 Å². The van der Waals surface area contributed by atoms with Crippen molar-refractivity contribution in [1.29, 1.82) is 0 Å². The van der Waals surface area contributed by atoms with E-state index in [1.54, 1.807) is 25.1 Å². The van der Waals surface area contributed by atoms with Crippen LogP contribution in [-0.2, 0) is 13.1 Å². The molecule has 0 atom stereocenters. The van der Waals surface area contributed by atoms with Gasteiger partial charge in [0.2, 0.25) is 5.89 Å². The highest BCUT2D eigenvalue weighted by Crippen LogP contribution is 2.33. The van der Waals surface area contributed by atoms with Gasteiger partial charge in [0.15, 0.2) is 17.5 Å². The third kappa shape index (κ3) is 7.67. The molecule has 1 heterocycles. The molecule has 0 fully saturated rings. The van der Waals surface area contributed by atoms with E-state index in [-0.39, 0.29) is 42.0 Å². The summed E-state index contributed by atoms with van der Waals surface area (Å²) in [4.78, 5) is 8.75. The van der Waals surface area contributed by atoms with Crippen LogP contribution in [0.25, 0.3) is 0 Å². The minimum Gasteiger partial charge on any atom is -0.490 e. The van der Waals surface area contributed by atoms with Gasteiger partial charge in [-0.2, -0.15) is 8.78 Å². The lowest BCUT2D eigenvalue weighted by Gasteiger charge is -2.15. The second-order valence-electron chi connectivity index (χ2n) is 5.85. The Balaban J connectivity index is 0.00000420. The molecule has 0 amide bonds. The Hall–Kier alpha value is -2.11. The van der Waals surface area contributed by atoms with Crippen molar-refractivity contribution >= 4 is 29.9 Å². The van der Waals surface area contributed by atoms with Gasteiger partial charge in [-0.05, 0) is 33.8 Å². The average molecular weight is 524 g/mol. The van der Waals surface area contributed by atoms with Crippen molar-refractivity contribution in [2.75, 3.05) is 13.2 Å². The largest absolute Gasteiger partial charge is 0.490 e. The number of nitrogens with zero attached hydrogens (tertiary/aromatic N) is 2. The molecule has 7 nitrogen and oxygen atoms in total. The molecule has 1 aromatic carbocycles. The summed E-state index contributed by atoms with van der Waals surface area (Å²) in [6, 6.07) is 4.98. The molecule has 0 bridgehead atoms. The maximum Gasteiger partial charge on any atom is 0.387 e. The van der Waals surface area contributed by atoms with Crippen molar-refractivity contribution in [3.8, 4) is 11.5 Å². The van der Waals surface area contributed by atoms with E-state index in [1.807, 2.05) is 20.8 Å². The fourth-order valence-corrected chi connectivity index (χ4v) is 2.46. The standard InChI is InChI=1S/C19H26F2N4O3.HI/c1-5-22-19(24-11-16-25-12(3)13(4)27-16)23-10-14-8-7-9-15(26-6-2)17(14)28-18(20)21;/h7-9,18H,5-6,10-11H2,1-4H3,(H2,22,23,24);1H. The molecule has 0 aliphatic rings. The number of para-hydroxylation sites is 1. The Morgan fingerprint density at radius 1 is 1.24 bits per heavy atom. The van der Waals surface area contributed by atoms with Crippen molar-refractivity contribution < 1.29 is 22.7 Å². The van der Waals surface area contributed by atoms with Crippen LogP contribution < -0.4 is 20.1 Å². The quantitative estimate of drug-likeness (QED) is 0.291. The topological polar surface area (TPSA) is 80.9 Å². The molecule has 1 aromatic heterocycles. The van der Waals surface area contributed by atoms with Gasteiger partial charge in [-0.15, -0.1) is 24.0 Å². The number of hydrogen-bond donors (Lipinski definition) is 2. The van der Waals surface area contributed by atoms with Crippen molar-refractivity contribution in [3.63, 3.8) is 0 Å². The molecule has 2 N–H and O–H groups in total. The van der Waals surface area contributed by atoms with Crippen LogP contribution in [-0.4, -0.2) is 30.7 Å². The summed E-state index contributed by atoms with van der Waals surface area (Å²) in [7, 11) is 0. The Morgan fingerprint density at radius 3 is 2.59 bits per heavy atom. The van der Waals surface area contributed by atoms with Crippen LogP contribution in [0.3, 0.4) is 0 Å². The fourth-order valence-electron chi connectivity index (χ4n) is 2.46. The molecule has 2 aromatic rings. The number of halogens is 3. The summed E-state index contributed by atoms with van der Waals surface area (Å²) in [5.41, 5.74) is 1.33. The van der Waals surface area contributed by atoms with Gasteiger partial charge in [0.1, 0.15) is 5.76 Å². The summed E-state index contributed by atoms with van der Waals surface area (Å²) in [5, 5.41) is 6.20. The number of oxazole rings is 1. The van der Waals surface area contributed by atoms with Gasteiger partial charge in [0, 0.05) is 12.1 Å². The first-order chi connectivity index (χ1) is 13.4. The number of alkyl halides is 2. The molecule has 0 aliphatic heterocycles. The zero-order valence-electron chi connectivity index (χ0n) is 16.9. The minimum atomic E-state index is -2.95. The Bertz CT molecular complexity index is 780. The number of rotatable bonds is 9. The van der Waals surface area contributed by atoms with Crippen molar-refractivity contribution in [3.05, 3.63) is 41.1 Å². The van der Waals surface area contributed by atoms with E-state index in [0.717, 1.165) is 11.5 Å². The number of aromatic nitrogens is 1. The average Bonchev–Trinajstić information content (AvgIpc) is 2.97. The molecule has 29 heavy (non-hydrogen) atoms. The molecule has 10 heteroatoms. The number of guanidine groups is 1. The molecule has 0 saturated heterocycles. The lowest BCUT2D eigenvalue weighted by atomic mass is 10.2. The highest BCUT2D eigenvalue weighted by molar-refractivity contribution is 14.0. The second-order valence-corrected chi connectivity index (χ2v) is 5.85. The molecular formula is C19H27F2IN4O3. The monoisotopic (exact) mass is 524 g/mol. The van der Waals surface area contributed by atoms with E-state index in [9.17, 15) is 8.78 Å². The SMILES string of the molecule is CCNC(=NCc1cccc(OCC)c1OC(F)F)NCc1nc(C)c(C)o1.I. The maximum atomic E-state index is 12.8. The van der Waals surface area contributed by atoms with Gasteiger partial charge in [-0.1, -0.05) is 12.1 Å². The molecule has 0 spiro atoms. The first-order valence-corrected chi connectivity index (χ1v) is 9.09. The van der Waals surface area contributed by atoms with Gasteiger partial charge in [0.05, 0.1) is 25.4 Å². The summed E-state index contributed by atoms with van der Waals surface area (Å²) in [5.74, 6) is 2.07. The van der Waals surface area contributed by atoms with Gasteiger partial charge < -0.3 is 24.5 Å². The fraction of sp³-hybridized carbons (Fsp3) is 0.474. The Labute approximate surface area is 186 Å². The summed E-state index contributed by atoms with van der Waals surface area (Å²) in [6.07, 6.45) is 0. The van der Waals surface area contributed by atoms with Gasteiger partial charge in [0.25, 0.3) is 0 Å². The predicted molar refractivity (Wildman–Crippen MR) is 117 cm³/mol. The van der Waals surface area contributed by atoms with E-state index >= 15 is 0 Å². The van der Waals surface area contributed by atoms with Crippen molar-refractivity contribution in [2.24, 2.45) is 4.99 Å². The van der Waals surface area contributed by atoms with Crippen LogP contribution in [0.5, 0.6) is 11.5 Å². The number of hydrogen-bond acceptors (Lipinski definition) is 5. The Morgan fingerprint density at radius 2 is 2.00 bits per heavy atom. The van der Waals surface area contributed by atoms with E-state index in [0.29, 0.717) is 37.1 Å². The Kier molecular flexibility index (Phi) is 10.7. The van der Waals surface area contributed by atoms with Crippen LogP contribution in [0.4, 0.5) is 8.78 Å². The smallest absolute Gasteiger partial charge is 0.387 e. The van der Waals surface area contributed by atoms with Gasteiger partial charge >= 0.3 is 6.61 Å². The maximum absolute atomic E-state index is 12.8. The molecule has 0 aliphatic carbocycles. The highest BCUT2D eigenvalue weighted by atomic mass is 127. The van der Waals surface area contributed by atoms with Crippen LogP contribution in [0.2, 0.25) is 0 Å². The number of ether oxygens (including phenoxy) is 2. The lowest BCUT2D eigenvalue weighted by molar-refractivity contribution is -0.0520. The molecule has 2 rings (SSSR count). The summed E-state index contributed by atoms with van der Waals surface area (Å²) in [6.45, 7) is 5.92. The zero-order valence-corrected chi connectivity index (χ0v) is 19.3. The molecule has 0 unspecified atom stereocenters. The molecule has 0 radical (unpaired) electrons. The number of aryl methyl sites for hydroxylation is 2.